The summed E-state index contributed by atoms with van der Waals surface area (Å²) >= 11 is 2.90. The molecule has 4 aromatic rings. The first-order valence-electron chi connectivity index (χ1n) is 12.6. The number of aromatic nitrogens is 4. The maximum Gasteiger partial charge on any atom is 0.341 e. The van der Waals surface area contributed by atoms with Crippen molar-refractivity contribution < 1.29 is 14.3 Å². The Balaban J connectivity index is 1.26. The number of carbonyl (C=O) groups excluding carboxylic acids is 2. The number of thiophene rings is 1. The fraction of sp³-hybridized carbons (Fsp3) is 0.444. The van der Waals surface area contributed by atoms with Crippen molar-refractivity contribution in [3.8, 4) is 0 Å². The van der Waals surface area contributed by atoms with Gasteiger partial charge in [0.1, 0.15) is 10.5 Å². The summed E-state index contributed by atoms with van der Waals surface area (Å²) < 4.78 is 5.35. The van der Waals surface area contributed by atoms with Crippen LogP contribution in [-0.2, 0) is 22.4 Å². The van der Waals surface area contributed by atoms with Crippen LogP contribution in [0, 0.1) is 11.3 Å². The summed E-state index contributed by atoms with van der Waals surface area (Å²) in [6, 6.07) is 7.88. The van der Waals surface area contributed by atoms with E-state index in [2.05, 4.69) is 46.3 Å². The monoisotopic (exact) mass is 537 g/mol. The third-order valence-electron chi connectivity index (χ3n) is 6.89. The lowest BCUT2D eigenvalue weighted by molar-refractivity contribution is -0.115. The molecule has 0 bridgehead atoms. The van der Waals surface area contributed by atoms with Gasteiger partial charge in [0.15, 0.2) is 5.65 Å². The number of hydrogen-bond donors (Lipinski definition) is 2. The van der Waals surface area contributed by atoms with Crippen LogP contribution in [0.3, 0.4) is 0 Å². The summed E-state index contributed by atoms with van der Waals surface area (Å²) in [6.07, 6.45) is 3.03. The molecule has 1 aliphatic rings. The number of hydrogen-bond acceptors (Lipinski definition) is 8. The second-order valence-electron chi connectivity index (χ2n) is 10.3. The molecule has 10 heteroatoms. The maximum absolute atomic E-state index is 12.9. The molecule has 1 amide bonds. The highest BCUT2D eigenvalue weighted by molar-refractivity contribution is 7.99. The van der Waals surface area contributed by atoms with E-state index in [0.29, 0.717) is 39.6 Å². The van der Waals surface area contributed by atoms with Crippen molar-refractivity contribution in [3.63, 3.8) is 0 Å². The number of H-pyrrole nitrogens is 1. The molecular formula is C27H31N5O3S2. The van der Waals surface area contributed by atoms with Crippen LogP contribution in [-0.4, -0.2) is 44.4 Å². The number of amides is 1. The van der Waals surface area contributed by atoms with E-state index in [1.807, 2.05) is 24.3 Å². The van der Waals surface area contributed by atoms with E-state index < -0.39 is 0 Å². The zero-order valence-corrected chi connectivity index (χ0v) is 23.1. The van der Waals surface area contributed by atoms with Crippen LogP contribution in [0.4, 0.5) is 5.00 Å². The quantitative estimate of drug-likeness (QED) is 0.219. The molecule has 37 heavy (non-hydrogen) atoms. The van der Waals surface area contributed by atoms with Crippen molar-refractivity contribution in [2.45, 2.75) is 58.5 Å². The van der Waals surface area contributed by atoms with Crippen molar-refractivity contribution in [2.75, 3.05) is 17.7 Å². The highest BCUT2D eigenvalue weighted by Gasteiger charge is 2.34. The molecule has 194 valence electrons. The maximum atomic E-state index is 12.9. The number of nitrogens with zero attached hydrogens (tertiary/aromatic N) is 3. The van der Waals surface area contributed by atoms with Crippen LogP contribution >= 0.6 is 23.1 Å². The number of rotatable bonds is 7. The molecule has 1 aromatic carbocycles. The molecular weight excluding hydrogens is 506 g/mol. The topological polar surface area (TPSA) is 110 Å². The molecule has 3 aromatic heterocycles. The number of benzene rings is 1. The first-order valence-corrected chi connectivity index (χ1v) is 14.4. The zero-order valence-electron chi connectivity index (χ0n) is 21.5. The van der Waals surface area contributed by atoms with Crippen LogP contribution in [0.2, 0.25) is 0 Å². The predicted molar refractivity (Wildman–Crippen MR) is 148 cm³/mol. The standard InChI is InChI=1S/C27H31N5O3S2/c1-5-35-25(34)21-17-11-10-15(27(2,3)4)14-19(17)37-24(21)29-20(33)12-13-36-26-30-23-22(31-32-26)16-8-6-7-9-18(16)28-23/h6-9,15H,5,10-14H2,1-4H3,(H,29,33)(H,28,30,32). The average molecular weight is 538 g/mol. The minimum atomic E-state index is -0.356. The van der Waals surface area contributed by atoms with E-state index in [4.69, 9.17) is 4.74 Å². The largest absolute Gasteiger partial charge is 0.462 e. The normalized spacial score (nSPS) is 15.6. The van der Waals surface area contributed by atoms with Crippen molar-refractivity contribution in [1.82, 2.24) is 20.2 Å². The molecule has 1 aliphatic carbocycles. The van der Waals surface area contributed by atoms with E-state index in [-0.39, 0.29) is 23.7 Å². The van der Waals surface area contributed by atoms with E-state index in [0.717, 1.165) is 41.2 Å². The molecule has 0 saturated carbocycles. The SMILES string of the molecule is CCOC(=O)c1c(NC(=O)CCSc2nnc3c(n2)[nH]c2ccccc23)sc2c1CCC(C(C)(C)C)C2. The lowest BCUT2D eigenvalue weighted by Gasteiger charge is -2.33. The van der Waals surface area contributed by atoms with Crippen molar-refractivity contribution in [2.24, 2.45) is 11.3 Å². The minimum absolute atomic E-state index is 0.149. The van der Waals surface area contributed by atoms with Crippen LogP contribution < -0.4 is 5.32 Å². The number of para-hydroxylation sites is 1. The van der Waals surface area contributed by atoms with E-state index in [1.165, 1.54) is 28.0 Å². The lowest BCUT2D eigenvalue weighted by atomic mass is 9.72. The van der Waals surface area contributed by atoms with Gasteiger partial charge < -0.3 is 15.0 Å². The first kappa shape index (κ1) is 25.7. The van der Waals surface area contributed by atoms with E-state index in [1.54, 1.807) is 6.92 Å². The van der Waals surface area contributed by atoms with Gasteiger partial charge in [-0.3, -0.25) is 4.79 Å². The Hall–Kier alpha value is -2.98. The van der Waals surface area contributed by atoms with Gasteiger partial charge in [-0.25, -0.2) is 9.78 Å². The number of anilines is 1. The molecule has 1 unspecified atom stereocenters. The van der Waals surface area contributed by atoms with Gasteiger partial charge in [0.2, 0.25) is 11.1 Å². The second-order valence-corrected chi connectivity index (χ2v) is 12.5. The van der Waals surface area contributed by atoms with Gasteiger partial charge in [-0.1, -0.05) is 50.7 Å². The Labute approximate surface area is 224 Å². The molecule has 0 fully saturated rings. The summed E-state index contributed by atoms with van der Waals surface area (Å²) in [6.45, 7) is 8.88. The summed E-state index contributed by atoms with van der Waals surface area (Å²) in [4.78, 5) is 34.7. The van der Waals surface area contributed by atoms with Crippen molar-refractivity contribution >= 4 is 62.0 Å². The highest BCUT2D eigenvalue weighted by atomic mass is 32.2. The van der Waals surface area contributed by atoms with E-state index in [9.17, 15) is 9.59 Å². The second kappa shape index (κ2) is 10.4. The summed E-state index contributed by atoms with van der Waals surface area (Å²) in [5.74, 6) is 0.524. The fourth-order valence-corrected chi connectivity index (χ4v) is 6.88. The van der Waals surface area contributed by atoms with Gasteiger partial charge in [-0.2, -0.15) is 0 Å². The molecule has 0 aliphatic heterocycles. The Morgan fingerprint density at radius 3 is 2.84 bits per heavy atom. The minimum Gasteiger partial charge on any atom is -0.462 e. The molecule has 0 saturated heterocycles. The Morgan fingerprint density at radius 1 is 1.24 bits per heavy atom. The van der Waals surface area contributed by atoms with Gasteiger partial charge in [-0.15, -0.1) is 21.5 Å². The first-order chi connectivity index (χ1) is 17.7. The molecule has 3 heterocycles. The summed E-state index contributed by atoms with van der Waals surface area (Å²) in [5, 5.41) is 13.7. The van der Waals surface area contributed by atoms with Crippen molar-refractivity contribution in [1.29, 1.82) is 0 Å². The molecule has 2 N–H and O–H groups in total. The Kier molecular flexibility index (Phi) is 7.22. The number of thioether (sulfide) groups is 1. The third kappa shape index (κ3) is 5.36. The number of fused-ring (bicyclic) bond motifs is 4. The molecule has 1 atom stereocenters. The smallest absolute Gasteiger partial charge is 0.341 e. The van der Waals surface area contributed by atoms with Crippen LogP contribution in [0.25, 0.3) is 22.1 Å². The molecule has 0 spiro atoms. The third-order valence-corrected chi connectivity index (χ3v) is 8.89. The van der Waals surface area contributed by atoms with Crippen molar-refractivity contribution in [3.05, 3.63) is 40.3 Å². The average Bonchev–Trinajstić information content (AvgIpc) is 3.40. The number of carbonyl (C=O) groups is 2. The van der Waals surface area contributed by atoms with E-state index >= 15 is 0 Å². The van der Waals surface area contributed by atoms with Gasteiger partial charge in [0, 0.05) is 28.0 Å². The predicted octanol–water partition coefficient (Wildman–Crippen LogP) is 6.02. The van der Waals surface area contributed by atoms with Gasteiger partial charge in [0.25, 0.3) is 0 Å². The van der Waals surface area contributed by atoms with Gasteiger partial charge >= 0.3 is 5.97 Å². The van der Waals surface area contributed by atoms with Crippen LogP contribution in [0.1, 0.15) is 61.3 Å². The lowest BCUT2D eigenvalue weighted by Crippen LogP contribution is -2.26. The molecule has 0 radical (unpaired) electrons. The zero-order chi connectivity index (χ0) is 26.2. The van der Waals surface area contributed by atoms with Gasteiger partial charge in [0.05, 0.1) is 12.2 Å². The molecule has 5 rings (SSSR count). The fourth-order valence-electron chi connectivity index (χ4n) is 4.82. The number of esters is 1. The number of ether oxygens (including phenoxy) is 1. The summed E-state index contributed by atoms with van der Waals surface area (Å²) in [7, 11) is 0. The Bertz CT molecular complexity index is 1470. The Morgan fingerprint density at radius 2 is 2.05 bits per heavy atom. The summed E-state index contributed by atoms with van der Waals surface area (Å²) in [5.41, 5.74) is 4.15. The molecule has 8 nitrogen and oxygen atoms in total. The number of nitrogens with one attached hydrogen (secondary N) is 2. The highest BCUT2D eigenvalue weighted by Crippen LogP contribution is 2.44. The van der Waals surface area contributed by atoms with Crippen LogP contribution in [0.5, 0.6) is 0 Å². The van der Waals surface area contributed by atoms with Crippen LogP contribution in [0.15, 0.2) is 29.4 Å². The number of aromatic amines is 1. The van der Waals surface area contributed by atoms with Gasteiger partial charge in [-0.05, 0) is 49.1 Å².